The second-order valence-corrected chi connectivity index (χ2v) is 6.02. The Morgan fingerprint density at radius 2 is 1.90 bits per heavy atom. The fourth-order valence-corrected chi connectivity index (χ4v) is 3.20. The Morgan fingerprint density at radius 3 is 2.60 bits per heavy atom. The zero-order valence-corrected chi connectivity index (χ0v) is 12.8. The number of hydrogen-bond donors (Lipinski definition) is 2. The van der Waals surface area contributed by atoms with Crippen LogP contribution in [0.4, 0.5) is 0 Å². The van der Waals surface area contributed by atoms with E-state index in [4.69, 9.17) is 22.5 Å². The minimum absolute atomic E-state index is 0.0782. The van der Waals surface area contributed by atoms with E-state index in [1.807, 2.05) is 13.0 Å². The molecule has 2 aromatic rings. The van der Waals surface area contributed by atoms with Crippen LogP contribution in [0.25, 0.3) is 0 Å². The van der Waals surface area contributed by atoms with Crippen molar-refractivity contribution in [2.24, 2.45) is 10.9 Å². The van der Waals surface area contributed by atoms with Gasteiger partial charge in [0.2, 0.25) is 0 Å². The van der Waals surface area contributed by atoms with Crippen molar-refractivity contribution in [3.8, 4) is 0 Å². The van der Waals surface area contributed by atoms with Gasteiger partial charge < -0.3 is 10.9 Å². The summed E-state index contributed by atoms with van der Waals surface area (Å²) >= 11 is 7.60. The van der Waals surface area contributed by atoms with E-state index in [2.05, 4.69) is 30.3 Å². The Balaban J connectivity index is 2.47. The quantitative estimate of drug-likeness (QED) is 0.387. The van der Waals surface area contributed by atoms with Crippen molar-refractivity contribution < 1.29 is 5.21 Å². The van der Waals surface area contributed by atoms with E-state index in [1.54, 1.807) is 23.9 Å². The first-order chi connectivity index (χ1) is 9.51. The molecule has 0 aliphatic heterocycles. The first-order valence-electron chi connectivity index (χ1n) is 6.04. The van der Waals surface area contributed by atoms with Gasteiger partial charge in [-0.25, -0.2) is 0 Å². The van der Waals surface area contributed by atoms with Crippen molar-refractivity contribution in [3.05, 3.63) is 58.1 Å². The van der Waals surface area contributed by atoms with Gasteiger partial charge in [-0.05, 0) is 49.2 Å². The molecule has 0 saturated heterocycles. The van der Waals surface area contributed by atoms with Crippen molar-refractivity contribution >= 4 is 29.2 Å². The summed E-state index contributed by atoms with van der Waals surface area (Å²) in [6.07, 6.45) is 0. The molecule has 20 heavy (non-hydrogen) atoms. The summed E-state index contributed by atoms with van der Waals surface area (Å²) in [6, 6.07) is 11.6. The number of oxime groups is 1. The summed E-state index contributed by atoms with van der Waals surface area (Å²) in [6.45, 7) is 4.10. The first kappa shape index (κ1) is 14.8. The number of amidine groups is 1. The van der Waals surface area contributed by atoms with Crippen LogP contribution in [0.1, 0.15) is 16.7 Å². The van der Waals surface area contributed by atoms with E-state index in [1.165, 1.54) is 11.1 Å². The van der Waals surface area contributed by atoms with Crippen molar-refractivity contribution in [1.82, 2.24) is 0 Å². The maximum absolute atomic E-state index is 8.87. The number of nitrogens with zero attached hydrogens (tertiary/aromatic N) is 1. The van der Waals surface area contributed by atoms with Gasteiger partial charge in [-0.1, -0.05) is 40.7 Å². The van der Waals surface area contributed by atoms with Crippen LogP contribution in [0.15, 0.2) is 51.3 Å². The molecule has 0 atom stereocenters. The molecule has 0 aromatic heterocycles. The highest BCUT2D eigenvalue weighted by atomic mass is 35.5. The molecule has 2 aromatic carbocycles. The fourth-order valence-electron chi connectivity index (χ4n) is 1.78. The fraction of sp³-hybridized carbons (Fsp3) is 0.133. The standard InChI is InChI=1S/C15H15ClN2OS/c1-9-3-4-10(2)13(7-9)20-14-8-11(16)5-6-12(14)15(17)18-19/h3-8,19H,1-2H3,(H2,17,18). The smallest absolute Gasteiger partial charge is 0.171 e. The monoisotopic (exact) mass is 306 g/mol. The molecule has 0 aliphatic carbocycles. The van der Waals surface area contributed by atoms with Crippen molar-refractivity contribution in [3.63, 3.8) is 0 Å². The highest BCUT2D eigenvalue weighted by Crippen LogP contribution is 2.34. The number of nitrogens with two attached hydrogens (primary N) is 1. The average molecular weight is 307 g/mol. The topological polar surface area (TPSA) is 58.6 Å². The molecule has 0 amide bonds. The largest absolute Gasteiger partial charge is 0.409 e. The Hall–Kier alpha value is -1.65. The molecular formula is C15H15ClN2OS. The van der Waals surface area contributed by atoms with Crippen molar-refractivity contribution in [2.45, 2.75) is 23.6 Å². The summed E-state index contributed by atoms with van der Waals surface area (Å²) < 4.78 is 0. The van der Waals surface area contributed by atoms with E-state index in [0.717, 1.165) is 9.79 Å². The van der Waals surface area contributed by atoms with Crippen LogP contribution in [-0.4, -0.2) is 11.0 Å². The minimum atomic E-state index is 0.0782. The second kappa shape index (κ2) is 6.20. The number of aryl methyl sites for hydroxylation is 2. The number of rotatable bonds is 3. The van der Waals surface area contributed by atoms with Gasteiger partial charge in [0.15, 0.2) is 5.84 Å². The van der Waals surface area contributed by atoms with Crippen LogP contribution in [0.5, 0.6) is 0 Å². The lowest BCUT2D eigenvalue weighted by molar-refractivity contribution is 0.318. The van der Waals surface area contributed by atoms with E-state index >= 15 is 0 Å². The highest BCUT2D eigenvalue weighted by Gasteiger charge is 2.11. The second-order valence-electron chi connectivity index (χ2n) is 4.50. The molecule has 3 nitrogen and oxygen atoms in total. The van der Waals surface area contributed by atoms with Gasteiger partial charge in [0.1, 0.15) is 0 Å². The van der Waals surface area contributed by atoms with Gasteiger partial charge in [0.05, 0.1) is 0 Å². The lowest BCUT2D eigenvalue weighted by Crippen LogP contribution is -2.14. The number of benzene rings is 2. The molecule has 5 heteroatoms. The molecule has 104 valence electrons. The number of hydrogen-bond acceptors (Lipinski definition) is 3. The summed E-state index contributed by atoms with van der Waals surface area (Å²) in [5.41, 5.74) is 8.74. The van der Waals surface area contributed by atoms with Gasteiger partial charge >= 0.3 is 0 Å². The minimum Gasteiger partial charge on any atom is -0.409 e. The molecule has 2 rings (SSSR count). The summed E-state index contributed by atoms with van der Waals surface area (Å²) in [5, 5.41) is 12.6. The normalized spacial score (nSPS) is 11.7. The molecule has 0 fully saturated rings. The maximum atomic E-state index is 8.87. The summed E-state index contributed by atoms with van der Waals surface area (Å²) in [4.78, 5) is 1.99. The molecule has 0 aliphatic rings. The Labute approximate surface area is 127 Å². The van der Waals surface area contributed by atoms with Crippen molar-refractivity contribution in [2.75, 3.05) is 0 Å². The molecule has 0 unspecified atom stereocenters. The molecule has 0 heterocycles. The van der Waals surface area contributed by atoms with Gasteiger partial charge in [0, 0.05) is 20.4 Å². The van der Waals surface area contributed by atoms with Crippen LogP contribution in [0.3, 0.4) is 0 Å². The lowest BCUT2D eigenvalue weighted by atomic mass is 10.2. The van der Waals surface area contributed by atoms with E-state index in [0.29, 0.717) is 10.6 Å². The molecule has 3 N–H and O–H groups in total. The Morgan fingerprint density at radius 1 is 1.15 bits per heavy atom. The predicted octanol–water partition coefficient (Wildman–Crippen LogP) is 4.20. The van der Waals surface area contributed by atoms with Crippen molar-refractivity contribution in [1.29, 1.82) is 0 Å². The SMILES string of the molecule is Cc1ccc(C)c(Sc2cc(Cl)ccc2C(N)=NO)c1. The van der Waals surface area contributed by atoms with Crippen LogP contribution < -0.4 is 5.73 Å². The molecule has 0 spiro atoms. The Bertz CT molecular complexity index is 671. The first-order valence-corrected chi connectivity index (χ1v) is 7.23. The third-order valence-corrected chi connectivity index (χ3v) is 4.34. The third-order valence-electron chi connectivity index (χ3n) is 2.89. The predicted molar refractivity (Wildman–Crippen MR) is 84.0 cm³/mol. The van der Waals surface area contributed by atoms with Gasteiger partial charge in [0.25, 0.3) is 0 Å². The van der Waals surface area contributed by atoms with E-state index in [-0.39, 0.29) is 5.84 Å². The van der Waals surface area contributed by atoms with E-state index in [9.17, 15) is 0 Å². The molecule has 0 saturated carbocycles. The third kappa shape index (κ3) is 3.26. The van der Waals surface area contributed by atoms with Crippen LogP contribution in [-0.2, 0) is 0 Å². The summed E-state index contributed by atoms with van der Waals surface area (Å²) in [7, 11) is 0. The average Bonchev–Trinajstić information content (AvgIpc) is 2.42. The lowest BCUT2D eigenvalue weighted by Gasteiger charge is -2.11. The summed E-state index contributed by atoms with van der Waals surface area (Å²) in [5.74, 6) is 0.0782. The van der Waals surface area contributed by atoms with Crippen LogP contribution >= 0.6 is 23.4 Å². The zero-order chi connectivity index (χ0) is 14.7. The van der Waals surface area contributed by atoms with Crippen LogP contribution in [0, 0.1) is 13.8 Å². The van der Waals surface area contributed by atoms with Crippen LogP contribution in [0.2, 0.25) is 5.02 Å². The molecule has 0 bridgehead atoms. The molecular weight excluding hydrogens is 292 g/mol. The number of halogens is 1. The van der Waals surface area contributed by atoms with E-state index < -0.39 is 0 Å². The zero-order valence-electron chi connectivity index (χ0n) is 11.2. The molecule has 0 radical (unpaired) electrons. The Kier molecular flexibility index (Phi) is 4.57. The highest BCUT2D eigenvalue weighted by molar-refractivity contribution is 7.99. The van der Waals surface area contributed by atoms with Gasteiger partial charge in [-0.3, -0.25) is 0 Å². The maximum Gasteiger partial charge on any atom is 0.171 e. The van der Waals surface area contributed by atoms with Gasteiger partial charge in [-0.2, -0.15) is 0 Å². The van der Waals surface area contributed by atoms with Gasteiger partial charge in [-0.15, -0.1) is 0 Å².